The number of aliphatic hydroxyl groups excluding tert-OH is 1. The second-order valence-corrected chi connectivity index (χ2v) is 14.1. The predicted octanol–water partition coefficient (Wildman–Crippen LogP) is 4.32. The quantitative estimate of drug-likeness (QED) is 0.132. The summed E-state index contributed by atoms with van der Waals surface area (Å²) in [5, 5.41) is 13.5. The lowest BCUT2D eigenvalue weighted by atomic mass is 9.70. The standard InChI is InChI=1S/C36H50BrN3O7/c1-6-10-17-28(42)38-21-27(24-15-13-12-14-16-24)46-35(45)29-30-33(43)40(26(22-41)23(5)9-4)32(36(30)20-25(37)31(29)47-36)34(44)39(18-8-3)19-11-7-2/h6,8,12-16,23,25-27,29-32,41H,1,3,7,9-11,17-22H2,2,4-5H3,(H,38,42)/t23-,25?,26-,27-,29+,30-,31+,32+,36-/m0/s1. The van der Waals surface area contributed by atoms with E-state index >= 15 is 0 Å². The predicted molar refractivity (Wildman–Crippen MR) is 182 cm³/mol. The van der Waals surface area contributed by atoms with Gasteiger partial charge in [-0.25, -0.2) is 0 Å². The minimum absolute atomic E-state index is 0.0489. The second-order valence-electron chi connectivity index (χ2n) is 12.9. The van der Waals surface area contributed by atoms with Crippen molar-refractivity contribution in [3.8, 4) is 0 Å². The van der Waals surface area contributed by atoms with Crippen LogP contribution in [0.3, 0.4) is 0 Å². The number of hydrogen-bond donors (Lipinski definition) is 2. The highest BCUT2D eigenvalue weighted by atomic mass is 79.9. The molecule has 1 aromatic carbocycles. The number of allylic oxidation sites excluding steroid dienone is 1. The third kappa shape index (κ3) is 7.37. The molecule has 10 nitrogen and oxygen atoms in total. The summed E-state index contributed by atoms with van der Waals surface area (Å²) in [7, 11) is 0. The molecule has 2 bridgehead atoms. The highest BCUT2D eigenvalue weighted by molar-refractivity contribution is 9.09. The second kappa shape index (κ2) is 16.4. The zero-order valence-electron chi connectivity index (χ0n) is 27.8. The van der Waals surface area contributed by atoms with Crippen LogP contribution in [0.1, 0.15) is 71.0 Å². The van der Waals surface area contributed by atoms with Crippen molar-refractivity contribution in [3.63, 3.8) is 0 Å². The summed E-state index contributed by atoms with van der Waals surface area (Å²) in [6, 6.07) is 7.47. The summed E-state index contributed by atoms with van der Waals surface area (Å²) in [4.78, 5) is 58.9. The van der Waals surface area contributed by atoms with Gasteiger partial charge in [-0.2, -0.15) is 0 Å². The number of amides is 3. The van der Waals surface area contributed by atoms with E-state index in [9.17, 15) is 24.3 Å². The number of aliphatic hydroxyl groups is 1. The third-order valence-electron chi connectivity index (χ3n) is 10.0. The molecule has 3 aliphatic heterocycles. The van der Waals surface area contributed by atoms with Gasteiger partial charge in [-0.3, -0.25) is 19.2 Å². The van der Waals surface area contributed by atoms with E-state index in [0.29, 0.717) is 37.9 Å². The van der Waals surface area contributed by atoms with E-state index in [1.54, 1.807) is 17.1 Å². The number of esters is 1. The molecule has 4 rings (SSSR count). The van der Waals surface area contributed by atoms with Gasteiger partial charge in [0.1, 0.15) is 17.7 Å². The number of nitrogens with one attached hydrogen (secondary N) is 1. The number of halogens is 1. The molecule has 3 fully saturated rings. The minimum atomic E-state index is -1.29. The SMILES string of the molecule is C=CCCC(=O)NC[C@H](OC(=O)[C@H]1[C@@H]2O[C@@]3(CC2Br)[C@@H]1C(=O)N([C@@H](CO)[C@@H](C)CC)[C@@H]3C(=O)N(CC=C)CCCC)c1ccccc1. The van der Waals surface area contributed by atoms with Crippen LogP contribution in [-0.4, -0.2) is 93.5 Å². The van der Waals surface area contributed by atoms with Crippen molar-refractivity contribution < 1.29 is 33.8 Å². The lowest BCUT2D eigenvalue weighted by Crippen LogP contribution is -2.60. The lowest BCUT2D eigenvalue weighted by Gasteiger charge is -2.41. The largest absolute Gasteiger partial charge is 0.455 e. The Balaban J connectivity index is 1.72. The first-order valence-electron chi connectivity index (χ1n) is 16.9. The van der Waals surface area contributed by atoms with Crippen LogP contribution in [0.25, 0.3) is 0 Å². The van der Waals surface area contributed by atoms with Gasteiger partial charge in [0.05, 0.1) is 37.1 Å². The van der Waals surface area contributed by atoms with Gasteiger partial charge < -0.3 is 29.7 Å². The van der Waals surface area contributed by atoms with Crippen LogP contribution < -0.4 is 5.32 Å². The molecular weight excluding hydrogens is 666 g/mol. The number of unbranched alkanes of at least 4 members (excludes halogenated alkanes) is 1. The van der Waals surface area contributed by atoms with Gasteiger partial charge in [0.2, 0.25) is 17.7 Å². The number of alkyl halides is 1. The zero-order valence-corrected chi connectivity index (χ0v) is 29.4. The molecule has 2 N–H and O–H groups in total. The smallest absolute Gasteiger partial charge is 0.313 e. The fraction of sp³-hybridized carbons (Fsp3) is 0.611. The van der Waals surface area contributed by atoms with Gasteiger partial charge in [0.25, 0.3) is 0 Å². The fourth-order valence-electron chi connectivity index (χ4n) is 7.40. The highest BCUT2D eigenvalue weighted by Gasteiger charge is 2.77. The van der Waals surface area contributed by atoms with Gasteiger partial charge in [-0.1, -0.05) is 92.0 Å². The van der Waals surface area contributed by atoms with Crippen LogP contribution in [0, 0.1) is 17.8 Å². The summed E-state index contributed by atoms with van der Waals surface area (Å²) in [5.41, 5.74) is -0.593. The number of ether oxygens (including phenoxy) is 2. The van der Waals surface area contributed by atoms with Gasteiger partial charge in [-0.15, -0.1) is 13.2 Å². The minimum Gasteiger partial charge on any atom is -0.455 e. The molecule has 11 heteroatoms. The van der Waals surface area contributed by atoms with E-state index in [-0.39, 0.29) is 48.0 Å². The Bertz CT molecular complexity index is 1290. The van der Waals surface area contributed by atoms with Gasteiger partial charge in [0.15, 0.2) is 0 Å². The van der Waals surface area contributed by atoms with E-state index in [1.807, 2.05) is 51.1 Å². The molecule has 3 amide bonds. The molecule has 3 heterocycles. The van der Waals surface area contributed by atoms with Crippen LogP contribution in [0.5, 0.6) is 0 Å². The average molecular weight is 717 g/mol. The number of nitrogens with zero attached hydrogens (tertiary/aromatic N) is 2. The Kier molecular flexibility index (Phi) is 12.8. The van der Waals surface area contributed by atoms with Crippen LogP contribution in [0.4, 0.5) is 0 Å². The number of carbonyl (C=O) groups excluding carboxylic acids is 4. The lowest BCUT2D eigenvalue weighted by molar-refractivity contribution is -0.161. The van der Waals surface area contributed by atoms with E-state index in [0.717, 1.165) is 12.8 Å². The molecule has 0 saturated carbocycles. The van der Waals surface area contributed by atoms with Gasteiger partial charge in [0, 0.05) is 24.3 Å². The van der Waals surface area contributed by atoms with Crippen LogP contribution >= 0.6 is 15.9 Å². The van der Waals surface area contributed by atoms with Crippen molar-refractivity contribution in [2.24, 2.45) is 17.8 Å². The van der Waals surface area contributed by atoms with Crippen molar-refractivity contribution in [2.75, 3.05) is 26.2 Å². The van der Waals surface area contributed by atoms with Gasteiger partial charge in [-0.05, 0) is 30.7 Å². The van der Waals surface area contributed by atoms with E-state index in [4.69, 9.17) is 9.47 Å². The monoisotopic (exact) mass is 715 g/mol. The van der Waals surface area contributed by atoms with Gasteiger partial charge >= 0.3 is 5.97 Å². The number of rotatable bonds is 18. The molecule has 0 radical (unpaired) electrons. The van der Waals surface area contributed by atoms with Crippen molar-refractivity contribution in [1.82, 2.24) is 15.1 Å². The van der Waals surface area contributed by atoms with E-state index in [1.165, 1.54) is 4.90 Å². The van der Waals surface area contributed by atoms with Crippen molar-refractivity contribution in [3.05, 3.63) is 61.2 Å². The molecule has 1 spiro atoms. The molecule has 3 saturated heterocycles. The third-order valence-corrected chi connectivity index (χ3v) is 10.9. The number of benzene rings is 1. The molecule has 1 unspecified atom stereocenters. The first kappa shape index (κ1) is 36.8. The fourth-order valence-corrected chi connectivity index (χ4v) is 8.34. The maximum absolute atomic E-state index is 14.7. The van der Waals surface area contributed by atoms with Crippen LogP contribution in [0.2, 0.25) is 0 Å². The van der Waals surface area contributed by atoms with Crippen LogP contribution in [-0.2, 0) is 28.7 Å². The average Bonchev–Trinajstić information content (AvgIpc) is 3.67. The Labute approximate surface area is 287 Å². The Morgan fingerprint density at radius 3 is 2.57 bits per heavy atom. The number of hydrogen-bond acceptors (Lipinski definition) is 7. The molecule has 9 atom stereocenters. The number of fused-ring (bicyclic) bond motifs is 1. The van der Waals surface area contributed by atoms with Crippen molar-refractivity contribution in [1.29, 1.82) is 0 Å². The first-order valence-corrected chi connectivity index (χ1v) is 17.8. The number of carbonyl (C=O) groups is 4. The molecule has 1 aromatic rings. The highest BCUT2D eigenvalue weighted by Crippen LogP contribution is 2.61. The summed E-state index contributed by atoms with van der Waals surface area (Å²) < 4.78 is 12.8. The van der Waals surface area contributed by atoms with E-state index in [2.05, 4.69) is 34.4 Å². The number of likely N-dealkylation sites (tertiary alicyclic amines) is 1. The van der Waals surface area contributed by atoms with Crippen molar-refractivity contribution >= 4 is 39.6 Å². The zero-order chi connectivity index (χ0) is 34.3. The molecule has 3 aliphatic rings. The molecule has 258 valence electrons. The maximum Gasteiger partial charge on any atom is 0.313 e. The maximum atomic E-state index is 14.7. The summed E-state index contributed by atoms with van der Waals surface area (Å²) in [6.07, 6.45) is 5.27. The summed E-state index contributed by atoms with van der Waals surface area (Å²) in [5.74, 6) is -3.56. The molecule has 47 heavy (non-hydrogen) atoms. The normalized spacial score (nSPS) is 27.9. The topological polar surface area (TPSA) is 125 Å². The Morgan fingerprint density at radius 1 is 1.23 bits per heavy atom. The Morgan fingerprint density at radius 2 is 1.96 bits per heavy atom. The van der Waals surface area contributed by atoms with Crippen LogP contribution in [0.15, 0.2) is 55.6 Å². The molecule has 0 aromatic heterocycles. The summed E-state index contributed by atoms with van der Waals surface area (Å²) in [6.45, 7) is 14.0. The van der Waals surface area contributed by atoms with Crippen molar-refractivity contribution in [2.45, 2.75) is 94.0 Å². The van der Waals surface area contributed by atoms with E-state index < -0.39 is 47.7 Å². The molecular formula is C36H50BrN3O7. The molecule has 0 aliphatic carbocycles. The summed E-state index contributed by atoms with van der Waals surface area (Å²) >= 11 is 3.73. The Hall–Kier alpha value is -3.02. The first-order chi connectivity index (χ1) is 22.6.